The van der Waals surface area contributed by atoms with Crippen molar-refractivity contribution < 1.29 is 43.3 Å². The molecule has 0 atom stereocenters. The van der Waals surface area contributed by atoms with Crippen molar-refractivity contribution in [2.75, 3.05) is 42.6 Å². The summed E-state index contributed by atoms with van der Waals surface area (Å²) in [7, 11) is 0. The summed E-state index contributed by atoms with van der Waals surface area (Å²) < 4.78 is 20.1. The zero-order valence-electron chi connectivity index (χ0n) is 22.8. The van der Waals surface area contributed by atoms with Gasteiger partial charge in [-0.1, -0.05) is 6.92 Å². The zero-order chi connectivity index (χ0) is 30.6. The van der Waals surface area contributed by atoms with E-state index in [1.54, 1.807) is 19.1 Å². The second kappa shape index (κ2) is 12.5. The van der Waals surface area contributed by atoms with E-state index in [1.165, 1.54) is 12.1 Å². The number of piperazine rings is 1. The fourth-order valence-corrected chi connectivity index (χ4v) is 4.90. The molecule has 1 fully saturated rings. The molecule has 2 amide bonds. The molecule has 14 heteroatoms. The average molecular weight is 582 g/mol. The third-order valence-corrected chi connectivity index (χ3v) is 6.69. The van der Waals surface area contributed by atoms with Gasteiger partial charge in [-0.05, 0) is 43.2 Å². The van der Waals surface area contributed by atoms with Gasteiger partial charge in [0.25, 0.3) is 11.8 Å². The second-order valence-electron chi connectivity index (χ2n) is 9.20. The first kappa shape index (κ1) is 29.7. The third kappa shape index (κ3) is 6.06. The van der Waals surface area contributed by atoms with E-state index in [2.05, 4.69) is 20.2 Å². The van der Waals surface area contributed by atoms with Gasteiger partial charge in [-0.2, -0.15) is 4.68 Å². The van der Waals surface area contributed by atoms with Gasteiger partial charge in [0.05, 0.1) is 23.3 Å². The van der Waals surface area contributed by atoms with Crippen LogP contribution in [0, 0.1) is 5.82 Å². The summed E-state index contributed by atoms with van der Waals surface area (Å²) in [6.07, 6.45) is 1.09. The summed E-state index contributed by atoms with van der Waals surface area (Å²) in [5.41, 5.74) is 3.05. The van der Waals surface area contributed by atoms with E-state index < -0.39 is 23.8 Å². The van der Waals surface area contributed by atoms with Crippen LogP contribution < -0.4 is 15.1 Å². The standard InChI is InChI=1S/C24H24FN5O4.C4H4O4/c1-3-15-18(8-7-17-20(15)23(32)26-22(17)31)28-9-11-29(12-10-28)21-16-6-5-14(25)13-19(16)30(27-21)24(33)34-4-2;5-3(6)1-2-4(7)8/h5-8,13H,3-4,9-12H2,1-2H3,(H,26,31,32);1-2H,(H,5,6)(H,7,8)/b;2-1-. The van der Waals surface area contributed by atoms with E-state index >= 15 is 0 Å². The van der Waals surface area contributed by atoms with Gasteiger partial charge in [0.15, 0.2) is 5.82 Å². The molecule has 2 aliphatic heterocycles. The van der Waals surface area contributed by atoms with E-state index in [1.807, 2.05) is 13.0 Å². The summed E-state index contributed by atoms with van der Waals surface area (Å²) in [6.45, 7) is 6.38. The lowest BCUT2D eigenvalue weighted by molar-refractivity contribution is -0.134. The molecular formula is C28H28FN5O8. The van der Waals surface area contributed by atoms with E-state index in [-0.39, 0.29) is 18.4 Å². The maximum atomic E-state index is 13.9. The van der Waals surface area contributed by atoms with Crippen molar-refractivity contribution >= 4 is 52.3 Å². The SMILES string of the molecule is CCOC(=O)n1nc(N2CCN(c3ccc4c(c3CC)C(=O)NC4=O)CC2)c2ccc(F)cc21.O=C(O)/C=C\C(=O)O. The fraction of sp³-hybridized carbons (Fsp3) is 0.286. The number of rotatable bonds is 6. The minimum absolute atomic E-state index is 0.188. The predicted octanol–water partition coefficient (Wildman–Crippen LogP) is 2.66. The predicted molar refractivity (Wildman–Crippen MR) is 149 cm³/mol. The van der Waals surface area contributed by atoms with Gasteiger partial charge in [0.2, 0.25) is 0 Å². The number of carbonyl (C=O) groups is 5. The highest BCUT2D eigenvalue weighted by molar-refractivity contribution is 6.22. The molecule has 0 aliphatic carbocycles. The highest BCUT2D eigenvalue weighted by Gasteiger charge is 2.32. The first-order valence-electron chi connectivity index (χ1n) is 13.1. The number of nitrogens with one attached hydrogen (secondary N) is 1. The molecule has 1 saturated heterocycles. The van der Waals surface area contributed by atoms with E-state index in [4.69, 9.17) is 14.9 Å². The zero-order valence-corrected chi connectivity index (χ0v) is 22.8. The number of imide groups is 1. The monoisotopic (exact) mass is 581 g/mol. The van der Waals surface area contributed by atoms with Crippen molar-refractivity contribution in [3.63, 3.8) is 0 Å². The van der Waals surface area contributed by atoms with Gasteiger partial charge in [-0.25, -0.2) is 18.8 Å². The van der Waals surface area contributed by atoms with Crippen LogP contribution in [0.2, 0.25) is 0 Å². The molecule has 0 spiro atoms. The number of aromatic nitrogens is 2. The quantitative estimate of drug-likeness (QED) is 0.289. The second-order valence-corrected chi connectivity index (χ2v) is 9.20. The Morgan fingerprint density at radius 3 is 2.21 bits per heavy atom. The molecule has 3 aromatic rings. The van der Waals surface area contributed by atoms with E-state index in [0.717, 1.165) is 15.9 Å². The summed E-state index contributed by atoms with van der Waals surface area (Å²) >= 11 is 0. The topological polar surface area (TPSA) is 171 Å². The van der Waals surface area contributed by atoms with Crippen LogP contribution in [0.15, 0.2) is 42.5 Å². The first-order chi connectivity index (χ1) is 20.0. The number of nitrogens with zero attached hydrogens (tertiary/aromatic N) is 4. The highest BCUT2D eigenvalue weighted by Crippen LogP contribution is 2.33. The summed E-state index contributed by atoms with van der Waals surface area (Å²) in [5.74, 6) is -3.08. The summed E-state index contributed by atoms with van der Waals surface area (Å²) in [6, 6.07) is 7.87. The number of amides is 2. The molecule has 3 N–H and O–H groups in total. The third-order valence-electron chi connectivity index (χ3n) is 6.69. The Labute approximate surface area is 238 Å². The average Bonchev–Trinajstić information content (AvgIpc) is 3.48. The van der Waals surface area contributed by atoms with Crippen LogP contribution in [0.5, 0.6) is 0 Å². The number of hydrogen-bond donors (Lipinski definition) is 3. The Bertz CT molecular complexity index is 1590. The van der Waals surface area contributed by atoms with Gasteiger partial charge in [0, 0.05) is 55.5 Å². The Balaban J connectivity index is 0.000000446. The Kier molecular flexibility index (Phi) is 8.84. The normalized spacial score (nSPS) is 14.5. The van der Waals surface area contributed by atoms with E-state index in [9.17, 15) is 28.4 Å². The van der Waals surface area contributed by atoms with Crippen LogP contribution in [-0.2, 0) is 20.7 Å². The molecule has 2 aromatic carbocycles. The molecule has 0 unspecified atom stereocenters. The number of hydrogen-bond acceptors (Lipinski definition) is 9. The molecule has 0 bridgehead atoms. The maximum absolute atomic E-state index is 13.9. The number of anilines is 2. The van der Waals surface area contributed by atoms with Gasteiger partial charge < -0.3 is 24.7 Å². The number of ether oxygens (including phenoxy) is 1. The van der Waals surface area contributed by atoms with Gasteiger partial charge in [-0.3, -0.25) is 14.9 Å². The molecule has 5 rings (SSSR count). The van der Waals surface area contributed by atoms with Crippen molar-refractivity contribution in [2.45, 2.75) is 20.3 Å². The number of aliphatic carboxylic acids is 2. The molecular weight excluding hydrogens is 553 g/mol. The van der Waals surface area contributed by atoms with Crippen molar-refractivity contribution in [1.29, 1.82) is 0 Å². The highest BCUT2D eigenvalue weighted by atomic mass is 19.1. The van der Waals surface area contributed by atoms with Crippen molar-refractivity contribution in [3.8, 4) is 0 Å². The van der Waals surface area contributed by atoms with Crippen molar-refractivity contribution in [2.24, 2.45) is 0 Å². The van der Waals surface area contributed by atoms with Crippen molar-refractivity contribution in [3.05, 3.63) is 65.0 Å². The number of halogens is 1. The molecule has 1 aromatic heterocycles. The molecule has 42 heavy (non-hydrogen) atoms. The Hall–Kier alpha value is -5.27. The number of carbonyl (C=O) groups excluding carboxylic acids is 3. The lowest BCUT2D eigenvalue weighted by atomic mass is 9.97. The Morgan fingerprint density at radius 2 is 1.62 bits per heavy atom. The molecule has 13 nitrogen and oxygen atoms in total. The fourth-order valence-electron chi connectivity index (χ4n) is 4.90. The van der Waals surface area contributed by atoms with Crippen LogP contribution in [0.25, 0.3) is 10.9 Å². The molecule has 3 heterocycles. The van der Waals surface area contributed by atoms with Crippen LogP contribution in [-0.4, -0.2) is 82.6 Å². The molecule has 2 aliphatic rings. The van der Waals surface area contributed by atoms with E-state index in [0.29, 0.717) is 72.6 Å². The minimum atomic E-state index is -1.26. The van der Waals surface area contributed by atoms with Crippen LogP contribution in [0.4, 0.5) is 20.7 Å². The van der Waals surface area contributed by atoms with Crippen LogP contribution >= 0.6 is 0 Å². The molecule has 0 saturated carbocycles. The maximum Gasteiger partial charge on any atom is 0.435 e. The minimum Gasteiger partial charge on any atom is -0.478 e. The van der Waals surface area contributed by atoms with Crippen LogP contribution in [0.3, 0.4) is 0 Å². The van der Waals surface area contributed by atoms with Crippen LogP contribution in [0.1, 0.15) is 40.1 Å². The first-order valence-corrected chi connectivity index (χ1v) is 13.1. The number of carboxylic acids is 2. The number of fused-ring (bicyclic) bond motifs is 2. The largest absolute Gasteiger partial charge is 0.478 e. The summed E-state index contributed by atoms with van der Waals surface area (Å²) in [4.78, 5) is 60.1. The lowest BCUT2D eigenvalue weighted by Gasteiger charge is -2.37. The number of carboxylic acid groups (broad SMARTS) is 2. The molecule has 0 radical (unpaired) electrons. The van der Waals surface area contributed by atoms with Gasteiger partial charge >= 0.3 is 18.0 Å². The van der Waals surface area contributed by atoms with Crippen molar-refractivity contribution in [1.82, 2.24) is 15.1 Å². The number of benzene rings is 2. The van der Waals surface area contributed by atoms with Gasteiger partial charge in [-0.15, -0.1) is 5.10 Å². The lowest BCUT2D eigenvalue weighted by Crippen LogP contribution is -2.47. The molecule has 220 valence electrons. The summed E-state index contributed by atoms with van der Waals surface area (Å²) in [5, 5.41) is 23.1. The van der Waals surface area contributed by atoms with Gasteiger partial charge in [0.1, 0.15) is 5.82 Å². The Morgan fingerprint density at radius 1 is 0.976 bits per heavy atom. The smallest absolute Gasteiger partial charge is 0.435 e.